The zero-order valence-electron chi connectivity index (χ0n) is 15.0. The Morgan fingerprint density at radius 1 is 0.960 bits per heavy atom. The summed E-state index contributed by atoms with van der Waals surface area (Å²) in [6, 6.07) is 13.3. The molecule has 1 amide bonds. The van der Waals surface area contributed by atoms with E-state index in [0.717, 1.165) is 28.4 Å². The molecule has 0 aliphatic rings. The number of rotatable bonds is 9. The first-order chi connectivity index (χ1) is 12.1. The lowest BCUT2D eigenvalue weighted by atomic mass is 10.1. The number of aryl methyl sites for hydroxylation is 2. The summed E-state index contributed by atoms with van der Waals surface area (Å²) in [4.78, 5) is 11.8. The fourth-order valence-corrected chi connectivity index (χ4v) is 2.22. The van der Waals surface area contributed by atoms with Crippen LogP contribution >= 0.6 is 0 Å². The summed E-state index contributed by atoms with van der Waals surface area (Å²) in [5.74, 6) is 2.12. The van der Waals surface area contributed by atoms with Gasteiger partial charge in [0.2, 0.25) is 0 Å². The molecule has 25 heavy (non-hydrogen) atoms. The summed E-state index contributed by atoms with van der Waals surface area (Å²) in [7, 11) is 0. The fraction of sp³-hybridized carbons (Fsp3) is 0.350. The normalized spacial score (nSPS) is 10.2. The highest BCUT2D eigenvalue weighted by molar-refractivity contribution is 5.77. The number of hydrogen-bond donors (Lipinski definition) is 1. The Bertz CT molecular complexity index is 683. The van der Waals surface area contributed by atoms with Gasteiger partial charge in [-0.25, -0.2) is 0 Å². The van der Waals surface area contributed by atoms with E-state index in [1.165, 1.54) is 0 Å². The number of nitrogens with one attached hydrogen (secondary N) is 1. The van der Waals surface area contributed by atoms with Crippen molar-refractivity contribution in [3.8, 4) is 17.2 Å². The molecular formula is C20H25NO4. The van der Waals surface area contributed by atoms with Gasteiger partial charge in [-0.2, -0.15) is 0 Å². The van der Waals surface area contributed by atoms with Gasteiger partial charge in [-0.3, -0.25) is 4.79 Å². The van der Waals surface area contributed by atoms with Crippen LogP contribution in [-0.4, -0.2) is 32.3 Å². The van der Waals surface area contributed by atoms with Crippen LogP contribution in [0, 0.1) is 13.8 Å². The molecule has 0 spiro atoms. The third-order valence-electron chi connectivity index (χ3n) is 3.53. The van der Waals surface area contributed by atoms with Crippen LogP contribution < -0.4 is 19.5 Å². The second kappa shape index (κ2) is 9.57. The highest BCUT2D eigenvalue weighted by Crippen LogP contribution is 2.19. The Hall–Kier alpha value is -2.69. The van der Waals surface area contributed by atoms with Crippen molar-refractivity contribution in [2.45, 2.75) is 20.8 Å². The highest BCUT2D eigenvalue weighted by Gasteiger charge is 2.05. The lowest BCUT2D eigenvalue weighted by molar-refractivity contribution is -0.123. The van der Waals surface area contributed by atoms with E-state index in [-0.39, 0.29) is 12.5 Å². The first-order valence-electron chi connectivity index (χ1n) is 8.41. The minimum atomic E-state index is -0.170. The molecule has 2 aromatic rings. The second-order valence-corrected chi connectivity index (χ2v) is 5.66. The predicted octanol–water partition coefficient (Wildman–Crippen LogP) is 3.28. The van der Waals surface area contributed by atoms with Gasteiger partial charge < -0.3 is 19.5 Å². The number of benzene rings is 2. The van der Waals surface area contributed by atoms with Crippen molar-refractivity contribution >= 4 is 5.91 Å². The molecule has 134 valence electrons. The van der Waals surface area contributed by atoms with Gasteiger partial charge in [-0.05, 0) is 62.2 Å². The minimum absolute atomic E-state index is 0.00660. The molecule has 5 nitrogen and oxygen atoms in total. The topological polar surface area (TPSA) is 56.8 Å². The van der Waals surface area contributed by atoms with Crippen LogP contribution in [0.25, 0.3) is 0 Å². The smallest absolute Gasteiger partial charge is 0.258 e. The van der Waals surface area contributed by atoms with E-state index < -0.39 is 0 Å². The van der Waals surface area contributed by atoms with Gasteiger partial charge in [0.1, 0.15) is 23.9 Å². The van der Waals surface area contributed by atoms with Crippen LogP contribution in [0.2, 0.25) is 0 Å². The average Bonchev–Trinajstić information content (AvgIpc) is 2.61. The molecule has 0 radical (unpaired) electrons. The summed E-state index contributed by atoms with van der Waals surface area (Å²) < 4.78 is 16.5. The number of carbonyl (C=O) groups excluding carboxylic acids is 1. The molecule has 0 aliphatic heterocycles. The van der Waals surface area contributed by atoms with Gasteiger partial charge in [0.05, 0.1) is 13.2 Å². The maximum Gasteiger partial charge on any atom is 0.258 e. The number of carbonyl (C=O) groups is 1. The molecule has 0 fully saturated rings. The fourth-order valence-electron chi connectivity index (χ4n) is 2.22. The molecule has 5 heteroatoms. The lowest BCUT2D eigenvalue weighted by Crippen LogP contribution is -2.32. The van der Waals surface area contributed by atoms with E-state index in [9.17, 15) is 4.79 Å². The zero-order chi connectivity index (χ0) is 18.1. The molecule has 0 atom stereocenters. The van der Waals surface area contributed by atoms with Gasteiger partial charge in [0, 0.05) is 0 Å². The van der Waals surface area contributed by atoms with Gasteiger partial charge in [0.15, 0.2) is 6.61 Å². The van der Waals surface area contributed by atoms with Crippen molar-refractivity contribution in [1.29, 1.82) is 0 Å². The van der Waals surface area contributed by atoms with Crippen molar-refractivity contribution < 1.29 is 19.0 Å². The van der Waals surface area contributed by atoms with Crippen molar-refractivity contribution in [2.75, 3.05) is 26.4 Å². The Kier molecular flexibility index (Phi) is 7.14. The summed E-state index contributed by atoms with van der Waals surface area (Å²) in [6.45, 7) is 7.33. The number of amides is 1. The van der Waals surface area contributed by atoms with Gasteiger partial charge in [-0.1, -0.05) is 12.1 Å². The van der Waals surface area contributed by atoms with Crippen LogP contribution in [0.4, 0.5) is 0 Å². The number of hydrogen-bond acceptors (Lipinski definition) is 4. The monoisotopic (exact) mass is 343 g/mol. The number of ether oxygens (including phenoxy) is 3. The summed E-state index contributed by atoms with van der Waals surface area (Å²) in [5, 5.41) is 2.78. The van der Waals surface area contributed by atoms with Crippen LogP contribution in [0.3, 0.4) is 0 Å². The Morgan fingerprint density at radius 3 is 2.32 bits per heavy atom. The van der Waals surface area contributed by atoms with Gasteiger partial charge >= 0.3 is 0 Å². The average molecular weight is 343 g/mol. The summed E-state index contributed by atoms with van der Waals surface area (Å²) in [6.07, 6.45) is 0. The van der Waals surface area contributed by atoms with Gasteiger partial charge in [0.25, 0.3) is 5.91 Å². The van der Waals surface area contributed by atoms with Crippen LogP contribution in [0.1, 0.15) is 18.1 Å². The summed E-state index contributed by atoms with van der Waals surface area (Å²) in [5.41, 5.74) is 2.11. The Morgan fingerprint density at radius 2 is 1.64 bits per heavy atom. The summed E-state index contributed by atoms with van der Waals surface area (Å²) >= 11 is 0. The molecule has 0 aliphatic carbocycles. The van der Waals surface area contributed by atoms with E-state index in [0.29, 0.717) is 19.8 Å². The van der Waals surface area contributed by atoms with Crippen molar-refractivity contribution in [2.24, 2.45) is 0 Å². The van der Waals surface area contributed by atoms with Crippen LogP contribution in [0.15, 0.2) is 42.5 Å². The maximum absolute atomic E-state index is 11.8. The first kappa shape index (κ1) is 18.6. The standard InChI is InChI=1S/C20H25NO4/c1-4-23-17-7-9-18(10-8-17)24-12-11-21-20(22)14-25-19-13-15(2)5-6-16(19)3/h5-10,13H,4,11-12,14H2,1-3H3,(H,21,22). The van der Waals surface area contributed by atoms with Gasteiger partial charge in [-0.15, -0.1) is 0 Å². The SMILES string of the molecule is CCOc1ccc(OCCNC(=O)COc2cc(C)ccc2C)cc1. The van der Waals surface area contributed by atoms with E-state index in [2.05, 4.69) is 5.32 Å². The molecule has 2 aromatic carbocycles. The van der Waals surface area contributed by atoms with Crippen LogP contribution in [-0.2, 0) is 4.79 Å². The molecule has 0 saturated carbocycles. The van der Waals surface area contributed by atoms with E-state index in [1.807, 2.05) is 63.2 Å². The largest absolute Gasteiger partial charge is 0.494 e. The lowest BCUT2D eigenvalue weighted by Gasteiger charge is -2.11. The molecule has 0 saturated heterocycles. The highest BCUT2D eigenvalue weighted by atomic mass is 16.5. The quantitative estimate of drug-likeness (QED) is 0.710. The molecular weight excluding hydrogens is 318 g/mol. The third-order valence-corrected chi connectivity index (χ3v) is 3.53. The first-order valence-corrected chi connectivity index (χ1v) is 8.41. The predicted molar refractivity (Wildman–Crippen MR) is 97.5 cm³/mol. The molecule has 1 N–H and O–H groups in total. The zero-order valence-corrected chi connectivity index (χ0v) is 15.0. The third kappa shape index (κ3) is 6.37. The van der Waals surface area contributed by atoms with E-state index >= 15 is 0 Å². The molecule has 0 aromatic heterocycles. The van der Waals surface area contributed by atoms with Crippen molar-refractivity contribution in [3.05, 3.63) is 53.6 Å². The van der Waals surface area contributed by atoms with Crippen molar-refractivity contribution in [1.82, 2.24) is 5.32 Å². The van der Waals surface area contributed by atoms with E-state index in [4.69, 9.17) is 14.2 Å². The Balaban J connectivity index is 1.66. The van der Waals surface area contributed by atoms with Crippen LogP contribution in [0.5, 0.6) is 17.2 Å². The molecule has 0 heterocycles. The van der Waals surface area contributed by atoms with E-state index in [1.54, 1.807) is 0 Å². The molecule has 0 unspecified atom stereocenters. The molecule has 0 bridgehead atoms. The maximum atomic E-state index is 11.8. The minimum Gasteiger partial charge on any atom is -0.494 e. The van der Waals surface area contributed by atoms with Crippen molar-refractivity contribution in [3.63, 3.8) is 0 Å². The second-order valence-electron chi connectivity index (χ2n) is 5.66. The Labute approximate surface area is 148 Å². The molecule has 2 rings (SSSR count).